The third-order valence-corrected chi connectivity index (χ3v) is 4.89. The van der Waals surface area contributed by atoms with Gasteiger partial charge in [-0.3, -0.25) is 4.90 Å². The highest BCUT2D eigenvalue weighted by Crippen LogP contribution is 2.60. The van der Waals surface area contributed by atoms with Gasteiger partial charge in [0.05, 0.1) is 11.4 Å². The maximum Gasteiger partial charge on any atom is 0.156 e. The SMILES string of the molecule is Brc1ccc2c(c1)Oc1cc(Br)cc3c1N2c1ccccc1O3. The lowest BCUT2D eigenvalue weighted by Gasteiger charge is -2.37. The summed E-state index contributed by atoms with van der Waals surface area (Å²) in [5, 5.41) is 0. The largest absolute Gasteiger partial charge is 0.453 e. The Hall–Kier alpha value is -1.98. The summed E-state index contributed by atoms with van der Waals surface area (Å²) in [5.74, 6) is 3.20. The van der Waals surface area contributed by atoms with Gasteiger partial charge in [-0.1, -0.05) is 44.0 Å². The Labute approximate surface area is 149 Å². The molecule has 3 aromatic rings. The quantitative estimate of drug-likeness (QED) is 0.267. The third-order valence-electron chi connectivity index (χ3n) is 3.94. The molecule has 0 saturated heterocycles. The van der Waals surface area contributed by atoms with E-state index in [0.29, 0.717) is 0 Å². The molecule has 0 aliphatic carbocycles. The zero-order chi connectivity index (χ0) is 15.6. The van der Waals surface area contributed by atoms with Gasteiger partial charge in [0.15, 0.2) is 23.0 Å². The van der Waals surface area contributed by atoms with E-state index in [4.69, 9.17) is 9.47 Å². The first-order valence-corrected chi connectivity index (χ1v) is 8.67. The zero-order valence-corrected chi connectivity index (χ0v) is 14.9. The highest BCUT2D eigenvalue weighted by Gasteiger charge is 2.34. The number of ether oxygens (including phenoxy) is 2. The van der Waals surface area contributed by atoms with E-state index in [2.05, 4.69) is 48.9 Å². The standard InChI is InChI=1S/C18H9Br2NO2/c19-10-5-6-13-15(7-10)23-17-9-11(20)8-16-18(17)21(13)12-3-1-2-4-14(12)22-16/h1-9H. The molecule has 0 aromatic heterocycles. The Balaban J connectivity index is 1.86. The van der Waals surface area contributed by atoms with E-state index >= 15 is 0 Å². The lowest BCUT2D eigenvalue weighted by atomic mass is 10.1. The lowest BCUT2D eigenvalue weighted by molar-refractivity contribution is 0.445. The molecule has 23 heavy (non-hydrogen) atoms. The summed E-state index contributed by atoms with van der Waals surface area (Å²) >= 11 is 7.05. The van der Waals surface area contributed by atoms with Crippen molar-refractivity contribution < 1.29 is 9.47 Å². The summed E-state index contributed by atoms with van der Waals surface area (Å²) in [7, 11) is 0. The van der Waals surface area contributed by atoms with Crippen LogP contribution in [0.25, 0.3) is 0 Å². The highest BCUT2D eigenvalue weighted by atomic mass is 79.9. The molecule has 0 N–H and O–H groups in total. The molecule has 0 spiro atoms. The fourth-order valence-corrected chi connectivity index (χ4v) is 3.77. The number of rotatable bonds is 0. The van der Waals surface area contributed by atoms with Gasteiger partial charge < -0.3 is 9.47 Å². The molecule has 0 fully saturated rings. The van der Waals surface area contributed by atoms with E-state index < -0.39 is 0 Å². The molecular weight excluding hydrogens is 422 g/mol. The lowest BCUT2D eigenvalue weighted by Crippen LogP contribution is -2.20. The van der Waals surface area contributed by atoms with E-state index in [9.17, 15) is 0 Å². The second-order valence-corrected chi connectivity index (χ2v) is 7.20. The second kappa shape index (κ2) is 4.76. The Morgan fingerprint density at radius 2 is 1.30 bits per heavy atom. The van der Waals surface area contributed by atoms with Gasteiger partial charge in [0.2, 0.25) is 0 Å². The van der Waals surface area contributed by atoms with Gasteiger partial charge in [0, 0.05) is 8.95 Å². The summed E-state index contributed by atoms with van der Waals surface area (Å²) in [5.41, 5.74) is 2.94. The van der Waals surface area contributed by atoms with E-state index in [1.165, 1.54) is 0 Å². The van der Waals surface area contributed by atoms with Crippen molar-refractivity contribution in [2.24, 2.45) is 0 Å². The molecule has 0 amide bonds. The first-order valence-electron chi connectivity index (χ1n) is 7.09. The predicted molar refractivity (Wildman–Crippen MR) is 96.7 cm³/mol. The molecule has 112 valence electrons. The van der Waals surface area contributed by atoms with Crippen LogP contribution in [-0.2, 0) is 0 Å². The molecule has 2 aliphatic heterocycles. The van der Waals surface area contributed by atoms with Gasteiger partial charge in [0.1, 0.15) is 5.69 Å². The number of nitrogens with zero attached hydrogens (tertiary/aromatic N) is 1. The molecule has 3 aromatic carbocycles. The fraction of sp³-hybridized carbons (Fsp3) is 0. The van der Waals surface area contributed by atoms with Crippen molar-refractivity contribution in [1.82, 2.24) is 0 Å². The number of halogens is 2. The van der Waals surface area contributed by atoms with Crippen LogP contribution in [0.3, 0.4) is 0 Å². The van der Waals surface area contributed by atoms with Gasteiger partial charge in [-0.15, -0.1) is 0 Å². The Morgan fingerprint density at radius 3 is 2.13 bits per heavy atom. The minimum absolute atomic E-state index is 0.773. The number of hydrogen-bond donors (Lipinski definition) is 0. The molecule has 5 heteroatoms. The Bertz CT molecular complexity index is 971. The van der Waals surface area contributed by atoms with Crippen LogP contribution in [0, 0.1) is 0 Å². The van der Waals surface area contributed by atoms with Crippen molar-refractivity contribution in [2.75, 3.05) is 4.90 Å². The maximum absolute atomic E-state index is 6.12. The summed E-state index contributed by atoms with van der Waals surface area (Å²) in [6, 6.07) is 18.0. The van der Waals surface area contributed by atoms with Crippen molar-refractivity contribution in [3.8, 4) is 23.0 Å². The molecule has 5 rings (SSSR count). The number of anilines is 3. The molecule has 0 unspecified atom stereocenters. The predicted octanol–water partition coefficient (Wildman–Crippen LogP) is 6.89. The molecule has 0 radical (unpaired) electrons. The minimum atomic E-state index is 0.773. The average molecular weight is 431 g/mol. The van der Waals surface area contributed by atoms with Gasteiger partial charge in [-0.25, -0.2) is 0 Å². The Kier molecular flexibility index (Phi) is 2.78. The number of para-hydroxylation sites is 2. The maximum atomic E-state index is 6.12. The molecule has 2 aliphatic rings. The van der Waals surface area contributed by atoms with Crippen LogP contribution in [0.2, 0.25) is 0 Å². The molecule has 3 nitrogen and oxygen atoms in total. The van der Waals surface area contributed by atoms with Crippen molar-refractivity contribution in [3.63, 3.8) is 0 Å². The van der Waals surface area contributed by atoms with Crippen LogP contribution in [0.5, 0.6) is 23.0 Å². The minimum Gasteiger partial charge on any atom is -0.453 e. The van der Waals surface area contributed by atoms with Crippen molar-refractivity contribution in [1.29, 1.82) is 0 Å². The first-order chi connectivity index (χ1) is 11.2. The van der Waals surface area contributed by atoms with Crippen molar-refractivity contribution in [2.45, 2.75) is 0 Å². The van der Waals surface area contributed by atoms with Crippen LogP contribution in [0.4, 0.5) is 17.1 Å². The molecule has 0 atom stereocenters. The summed E-state index contributed by atoms with van der Waals surface area (Å²) in [6.07, 6.45) is 0. The van der Waals surface area contributed by atoms with Crippen LogP contribution >= 0.6 is 31.9 Å². The molecule has 2 heterocycles. The molecular formula is C18H9Br2NO2. The smallest absolute Gasteiger partial charge is 0.156 e. The van der Waals surface area contributed by atoms with Gasteiger partial charge in [-0.05, 0) is 42.5 Å². The van der Waals surface area contributed by atoms with Crippen molar-refractivity contribution >= 4 is 48.9 Å². The number of hydrogen-bond acceptors (Lipinski definition) is 3. The topological polar surface area (TPSA) is 21.7 Å². The van der Waals surface area contributed by atoms with E-state index in [0.717, 1.165) is 49.0 Å². The van der Waals surface area contributed by atoms with E-state index in [-0.39, 0.29) is 0 Å². The summed E-state index contributed by atoms with van der Waals surface area (Å²) in [4.78, 5) is 2.20. The number of fused-ring (bicyclic) bond motifs is 4. The molecule has 0 saturated carbocycles. The van der Waals surface area contributed by atoms with Gasteiger partial charge >= 0.3 is 0 Å². The first kappa shape index (κ1) is 13.5. The van der Waals surface area contributed by atoms with Gasteiger partial charge in [-0.2, -0.15) is 0 Å². The van der Waals surface area contributed by atoms with Crippen molar-refractivity contribution in [3.05, 3.63) is 63.5 Å². The summed E-state index contributed by atoms with van der Waals surface area (Å²) in [6.45, 7) is 0. The Morgan fingerprint density at radius 1 is 0.652 bits per heavy atom. The monoisotopic (exact) mass is 429 g/mol. The highest BCUT2D eigenvalue weighted by molar-refractivity contribution is 9.10. The van der Waals surface area contributed by atoms with Crippen LogP contribution in [0.15, 0.2) is 63.5 Å². The second-order valence-electron chi connectivity index (χ2n) is 5.37. The average Bonchev–Trinajstić information content (AvgIpc) is 2.53. The van der Waals surface area contributed by atoms with Crippen LogP contribution < -0.4 is 14.4 Å². The third kappa shape index (κ3) is 1.93. The normalized spacial score (nSPS) is 13.4. The van der Waals surface area contributed by atoms with E-state index in [1.807, 2.05) is 42.5 Å². The summed E-state index contributed by atoms with van der Waals surface area (Å²) < 4.78 is 14.1. The van der Waals surface area contributed by atoms with Crippen LogP contribution in [-0.4, -0.2) is 0 Å². The fourth-order valence-electron chi connectivity index (χ4n) is 3.02. The molecule has 0 bridgehead atoms. The number of benzene rings is 3. The van der Waals surface area contributed by atoms with Gasteiger partial charge in [0.25, 0.3) is 0 Å². The van der Waals surface area contributed by atoms with E-state index in [1.54, 1.807) is 0 Å². The van der Waals surface area contributed by atoms with Crippen LogP contribution in [0.1, 0.15) is 0 Å². The zero-order valence-electron chi connectivity index (χ0n) is 11.7.